The summed E-state index contributed by atoms with van der Waals surface area (Å²) in [6, 6.07) is -1.20. The van der Waals surface area contributed by atoms with Crippen LogP contribution < -0.4 is 10.6 Å². The lowest BCUT2D eigenvalue weighted by Crippen LogP contribution is -2.51. The van der Waals surface area contributed by atoms with Gasteiger partial charge in [-0.05, 0) is 31.6 Å². The van der Waals surface area contributed by atoms with Crippen molar-refractivity contribution < 1.29 is 19.4 Å². The molecular formula is C13H22N2O4. The maximum atomic E-state index is 11.8. The van der Waals surface area contributed by atoms with Gasteiger partial charge in [-0.2, -0.15) is 0 Å². The number of carbonyl (C=O) groups is 2. The predicted octanol–water partition coefficient (Wildman–Crippen LogP) is 1.11. The zero-order chi connectivity index (χ0) is 13.8. The van der Waals surface area contributed by atoms with Crippen LogP contribution in [0.15, 0.2) is 0 Å². The third-order valence-electron chi connectivity index (χ3n) is 3.72. The van der Waals surface area contributed by atoms with Crippen molar-refractivity contribution in [1.82, 2.24) is 10.6 Å². The molecule has 1 saturated carbocycles. The smallest absolute Gasteiger partial charge is 0.326 e. The average Bonchev–Trinajstić information content (AvgIpc) is 3.10. The first-order chi connectivity index (χ1) is 9.11. The second-order valence-electron chi connectivity index (χ2n) is 5.37. The van der Waals surface area contributed by atoms with Gasteiger partial charge in [0, 0.05) is 6.61 Å². The number of amides is 2. The predicted molar refractivity (Wildman–Crippen MR) is 68.9 cm³/mol. The van der Waals surface area contributed by atoms with Gasteiger partial charge in [-0.1, -0.05) is 13.3 Å². The third kappa shape index (κ3) is 3.83. The van der Waals surface area contributed by atoms with Gasteiger partial charge in [0.2, 0.25) is 0 Å². The normalized spacial score (nSPS) is 27.8. The molecule has 2 aliphatic rings. The van der Waals surface area contributed by atoms with Gasteiger partial charge in [-0.3, -0.25) is 0 Å². The van der Waals surface area contributed by atoms with Crippen molar-refractivity contribution in [3.8, 4) is 0 Å². The lowest BCUT2D eigenvalue weighted by molar-refractivity contribution is -0.139. The van der Waals surface area contributed by atoms with Crippen LogP contribution in [0.5, 0.6) is 0 Å². The molecule has 19 heavy (non-hydrogen) atoms. The lowest BCUT2D eigenvalue weighted by Gasteiger charge is -2.21. The van der Waals surface area contributed by atoms with Crippen molar-refractivity contribution in [3.05, 3.63) is 0 Å². The quantitative estimate of drug-likeness (QED) is 0.674. The Balaban J connectivity index is 1.80. The first-order valence-electron chi connectivity index (χ1n) is 7.03. The van der Waals surface area contributed by atoms with E-state index in [0.29, 0.717) is 25.4 Å². The molecule has 3 atom stereocenters. The average molecular weight is 270 g/mol. The molecule has 3 N–H and O–H groups in total. The van der Waals surface area contributed by atoms with Crippen LogP contribution in [-0.4, -0.2) is 41.9 Å². The molecule has 0 aromatic carbocycles. The molecule has 1 heterocycles. The second kappa shape index (κ2) is 6.23. The molecule has 2 amide bonds. The van der Waals surface area contributed by atoms with Gasteiger partial charge in [-0.25, -0.2) is 9.59 Å². The minimum absolute atomic E-state index is 0.0172. The fourth-order valence-corrected chi connectivity index (χ4v) is 2.57. The van der Waals surface area contributed by atoms with Gasteiger partial charge in [0.15, 0.2) is 0 Å². The van der Waals surface area contributed by atoms with Gasteiger partial charge in [0.25, 0.3) is 0 Å². The highest BCUT2D eigenvalue weighted by Crippen LogP contribution is 2.38. The van der Waals surface area contributed by atoms with Crippen LogP contribution in [0.3, 0.4) is 0 Å². The monoisotopic (exact) mass is 270 g/mol. The first-order valence-corrected chi connectivity index (χ1v) is 7.03. The van der Waals surface area contributed by atoms with E-state index in [1.807, 2.05) is 6.92 Å². The number of hydrogen-bond donors (Lipinski definition) is 3. The second-order valence-corrected chi connectivity index (χ2v) is 5.37. The Kier molecular flexibility index (Phi) is 4.63. The van der Waals surface area contributed by atoms with Crippen molar-refractivity contribution in [3.63, 3.8) is 0 Å². The van der Waals surface area contributed by atoms with Gasteiger partial charge in [0.05, 0.1) is 12.1 Å². The topological polar surface area (TPSA) is 87.7 Å². The maximum Gasteiger partial charge on any atom is 0.326 e. The molecule has 0 spiro atoms. The van der Waals surface area contributed by atoms with E-state index < -0.39 is 18.0 Å². The Labute approximate surface area is 112 Å². The molecule has 1 aliphatic heterocycles. The number of carbonyl (C=O) groups excluding carboxylic acids is 1. The maximum absolute atomic E-state index is 11.8. The standard InChI is InChI=1S/C13H22N2O4/c1-2-3-10(12(16)17)15-13(18)14-9-6-7-19-11(9)8-4-5-8/h8-11H,2-7H2,1H3,(H,16,17)(H2,14,15,18)/t9?,10-,11?/m1/s1. The minimum atomic E-state index is -0.988. The Morgan fingerprint density at radius 3 is 2.68 bits per heavy atom. The van der Waals surface area contributed by atoms with Crippen LogP contribution in [0.1, 0.15) is 39.0 Å². The van der Waals surface area contributed by atoms with Crippen LogP contribution in [-0.2, 0) is 9.53 Å². The number of urea groups is 1. The molecule has 6 heteroatoms. The minimum Gasteiger partial charge on any atom is -0.480 e. The van der Waals surface area contributed by atoms with Crippen LogP contribution >= 0.6 is 0 Å². The molecule has 0 aromatic heterocycles. The molecular weight excluding hydrogens is 248 g/mol. The van der Waals surface area contributed by atoms with E-state index in [9.17, 15) is 9.59 Å². The summed E-state index contributed by atoms with van der Waals surface area (Å²) in [5, 5.41) is 14.4. The molecule has 6 nitrogen and oxygen atoms in total. The number of nitrogens with one attached hydrogen (secondary N) is 2. The van der Waals surface area contributed by atoms with Crippen LogP contribution in [0.25, 0.3) is 0 Å². The summed E-state index contributed by atoms with van der Waals surface area (Å²) in [4.78, 5) is 22.8. The van der Waals surface area contributed by atoms with E-state index in [2.05, 4.69) is 10.6 Å². The fourth-order valence-electron chi connectivity index (χ4n) is 2.57. The number of ether oxygens (including phenoxy) is 1. The molecule has 0 bridgehead atoms. The molecule has 0 aromatic rings. The summed E-state index contributed by atoms with van der Waals surface area (Å²) >= 11 is 0. The van der Waals surface area contributed by atoms with E-state index in [0.717, 1.165) is 19.3 Å². The Morgan fingerprint density at radius 2 is 2.11 bits per heavy atom. The highest BCUT2D eigenvalue weighted by Gasteiger charge is 2.41. The van der Waals surface area contributed by atoms with Crippen LogP contribution in [0.4, 0.5) is 4.79 Å². The van der Waals surface area contributed by atoms with Crippen LogP contribution in [0.2, 0.25) is 0 Å². The van der Waals surface area contributed by atoms with Crippen molar-refractivity contribution in [2.75, 3.05) is 6.61 Å². The summed E-state index contributed by atoms with van der Waals surface area (Å²) in [7, 11) is 0. The number of hydrogen-bond acceptors (Lipinski definition) is 3. The van der Waals surface area contributed by atoms with E-state index in [1.54, 1.807) is 0 Å². The summed E-state index contributed by atoms with van der Waals surface area (Å²) in [5.74, 6) is -0.419. The van der Waals surface area contributed by atoms with E-state index in [4.69, 9.17) is 9.84 Å². The largest absolute Gasteiger partial charge is 0.480 e. The van der Waals surface area contributed by atoms with Crippen molar-refractivity contribution >= 4 is 12.0 Å². The number of aliphatic carboxylic acids is 1. The summed E-state index contributed by atoms with van der Waals surface area (Å²) < 4.78 is 5.63. The first kappa shape index (κ1) is 14.1. The van der Waals surface area contributed by atoms with Gasteiger partial charge in [-0.15, -0.1) is 0 Å². The Bertz CT molecular complexity index is 344. The van der Waals surface area contributed by atoms with Crippen LogP contribution in [0, 0.1) is 5.92 Å². The molecule has 2 fully saturated rings. The van der Waals surface area contributed by atoms with Gasteiger partial charge in [0.1, 0.15) is 6.04 Å². The van der Waals surface area contributed by atoms with Gasteiger partial charge >= 0.3 is 12.0 Å². The fraction of sp³-hybridized carbons (Fsp3) is 0.846. The zero-order valence-corrected chi connectivity index (χ0v) is 11.2. The summed E-state index contributed by atoms with van der Waals surface area (Å²) in [5.41, 5.74) is 0. The Hall–Kier alpha value is -1.30. The summed E-state index contributed by atoms with van der Waals surface area (Å²) in [6.45, 7) is 2.56. The zero-order valence-electron chi connectivity index (χ0n) is 11.2. The lowest BCUT2D eigenvalue weighted by atomic mass is 10.1. The Morgan fingerprint density at radius 1 is 1.37 bits per heavy atom. The number of carboxylic acid groups (broad SMARTS) is 1. The van der Waals surface area contributed by atoms with Gasteiger partial charge < -0.3 is 20.5 Å². The molecule has 1 saturated heterocycles. The third-order valence-corrected chi connectivity index (χ3v) is 3.72. The van der Waals surface area contributed by atoms with E-state index >= 15 is 0 Å². The SMILES string of the molecule is CCC[C@@H](NC(=O)NC1CCOC1C1CC1)C(=O)O. The number of carboxylic acids is 1. The molecule has 1 aliphatic carbocycles. The summed E-state index contributed by atoms with van der Waals surface area (Å²) in [6.07, 6.45) is 4.40. The molecule has 0 radical (unpaired) electrons. The van der Waals surface area contributed by atoms with E-state index in [-0.39, 0.29) is 12.1 Å². The van der Waals surface area contributed by atoms with Crippen molar-refractivity contribution in [1.29, 1.82) is 0 Å². The molecule has 2 rings (SSSR count). The number of rotatable bonds is 6. The highest BCUT2D eigenvalue weighted by molar-refractivity contribution is 5.82. The highest BCUT2D eigenvalue weighted by atomic mass is 16.5. The molecule has 108 valence electrons. The van der Waals surface area contributed by atoms with Crippen molar-refractivity contribution in [2.45, 2.75) is 57.2 Å². The molecule has 2 unspecified atom stereocenters. The van der Waals surface area contributed by atoms with E-state index in [1.165, 1.54) is 0 Å². The van der Waals surface area contributed by atoms with Crippen molar-refractivity contribution in [2.24, 2.45) is 5.92 Å².